The number of thiazole rings is 1. The molecule has 0 aliphatic rings. The van der Waals surface area contributed by atoms with Crippen LogP contribution in [0.1, 0.15) is 0 Å². The molecule has 4 heteroatoms. The fourth-order valence-corrected chi connectivity index (χ4v) is 1.54. The third-order valence-corrected chi connectivity index (χ3v) is 2.65. The molecular weight excluding hydrogens is 251 g/mol. The Kier molecular flexibility index (Phi) is 6.36. The van der Waals surface area contributed by atoms with Crippen LogP contribution in [-0.4, -0.2) is 53.6 Å². The molecule has 2 radical (unpaired) electrons. The molecule has 0 amide bonds. The summed E-state index contributed by atoms with van der Waals surface area (Å²) in [5.41, 5.74) is 0. The first-order valence-corrected chi connectivity index (χ1v) is 5.41. The quantitative estimate of drug-likeness (QED) is 0.605. The monoisotopic (exact) mass is 264 g/mol. The molecule has 10 heavy (non-hydrogen) atoms. The maximum atomic E-state index is 3.99. The number of hydrogen-bond acceptors (Lipinski definition) is 3. The molecule has 2 nitrogen and oxygen atoms in total. The Morgan fingerprint density at radius 2 is 2.00 bits per heavy atom. The molecule has 1 heterocycles. The zero-order chi connectivity index (χ0) is 7.98. The molecule has 0 saturated heterocycles. The molecule has 0 atom stereocenters. The van der Waals surface area contributed by atoms with E-state index in [0.29, 0.717) is 0 Å². The van der Waals surface area contributed by atoms with E-state index in [4.69, 9.17) is 0 Å². The van der Waals surface area contributed by atoms with Crippen molar-refractivity contribution in [1.82, 2.24) is 9.88 Å². The van der Waals surface area contributed by atoms with E-state index in [1.54, 1.807) is 11.3 Å². The summed E-state index contributed by atoms with van der Waals surface area (Å²) in [6.07, 6.45) is 1.84. The van der Waals surface area contributed by atoms with E-state index in [9.17, 15) is 0 Å². The van der Waals surface area contributed by atoms with E-state index in [1.165, 1.54) is 3.02 Å². The summed E-state index contributed by atoms with van der Waals surface area (Å²) >= 11 is 2.88. The first kappa shape index (κ1) is 10.4. The molecule has 0 unspecified atom stereocenters. The van der Waals surface area contributed by atoms with Gasteiger partial charge in [-0.3, -0.25) is 0 Å². The molecule has 56 valence electrons. The van der Waals surface area contributed by atoms with E-state index in [-0.39, 0.29) is 0 Å². The van der Waals surface area contributed by atoms with Crippen LogP contribution in [0, 0.1) is 0 Å². The molecule has 1 aromatic heterocycles. The molecule has 0 N–H and O–H groups in total. The van der Waals surface area contributed by atoms with E-state index >= 15 is 0 Å². The van der Waals surface area contributed by atoms with Crippen molar-refractivity contribution >= 4 is 36.9 Å². The van der Waals surface area contributed by atoms with Gasteiger partial charge in [0.15, 0.2) is 0 Å². The van der Waals surface area contributed by atoms with Crippen molar-refractivity contribution in [3.63, 3.8) is 0 Å². The second-order valence-electron chi connectivity index (χ2n) is 2.21. The summed E-state index contributed by atoms with van der Waals surface area (Å²) in [7, 11) is 6.00. The van der Waals surface area contributed by atoms with Crippen LogP contribution in [0.4, 0.5) is 0 Å². The number of hydrogen-bond donors (Lipinski definition) is 0. The second-order valence-corrected chi connectivity index (χ2v) is 5.89. The fourth-order valence-electron chi connectivity index (χ4n) is 0.234. The van der Waals surface area contributed by atoms with Crippen LogP contribution in [-0.2, 0) is 0 Å². The first-order chi connectivity index (χ1) is 4.63. The van der Waals surface area contributed by atoms with Crippen LogP contribution in [0.25, 0.3) is 0 Å². The number of rotatable bonds is 0. The van der Waals surface area contributed by atoms with Crippen LogP contribution < -0.4 is 3.02 Å². The number of aromatic nitrogens is 1. The van der Waals surface area contributed by atoms with Gasteiger partial charge >= 0.3 is 53.4 Å². The topological polar surface area (TPSA) is 16.1 Å². The minimum absolute atomic E-state index is 1.16. The Labute approximate surface area is 79.4 Å². The molecule has 0 aromatic carbocycles. The Balaban J connectivity index is 0.000000180. The van der Waals surface area contributed by atoms with Crippen LogP contribution in [0.15, 0.2) is 11.6 Å². The van der Waals surface area contributed by atoms with E-state index in [1.807, 2.05) is 37.6 Å². The van der Waals surface area contributed by atoms with Crippen molar-refractivity contribution in [2.45, 2.75) is 0 Å². The van der Waals surface area contributed by atoms with E-state index < -0.39 is 0 Å². The summed E-state index contributed by atoms with van der Waals surface area (Å²) in [4.78, 5) is 5.99. The van der Waals surface area contributed by atoms with Gasteiger partial charge in [-0.25, -0.2) is 0 Å². The molecule has 0 saturated carbocycles. The standard InChI is InChI=1S/C3H2NS.C3H9N.Sn.H/c1-2-5-3-4-1;1-4(2)3;;/h1-2H;1-3H3;;. The Morgan fingerprint density at radius 1 is 1.50 bits per heavy atom. The predicted molar refractivity (Wildman–Crippen MR) is 48.5 cm³/mol. The summed E-state index contributed by atoms with van der Waals surface area (Å²) < 4.78 is 1.26. The second kappa shape index (κ2) is 6.12. The van der Waals surface area contributed by atoms with Gasteiger partial charge in [0.05, 0.1) is 0 Å². The summed E-state index contributed by atoms with van der Waals surface area (Å²) in [5.74, 6) is 0. The van der Waals surface area contributed by atoms with Crippen LogP contribution in [0.5, 0.6) is 0 Å². The van der Waals surface area contributed by atoms with Crippen molar-refractivity contribution < 1.29 is 0 Å². The molecule has 0 aliphatic heterocycles. The predicted octanol–water partition coefficient (Wildman–Crippen LogP) is -0.153. The Hall–Kier alpha value is 0.389. The van der Waals surface area contributed by atoms with E-state index in [2.05, 4.69) is 4.98 Å². The van der Waals surface area contributed by atoms with Crippen molar-refractivity contribution in [3.05, 3.63) is 11.6 Å². The summed E-state index contributed by atoms with van der Waals surface area (Å²) in [6, 6.07) is 0. The Morgan fingerprint density at radius 3 is 2.10 bits per heavy atom. The third-order valence-electron chi connectivity index (χ3n) is 0.451. The number of nitrogens with zero attached hydrogens (tertiary/aromatic N) is 2. The van der Waals surface area contributed by atoms with Gasteiger partial charge in [0.25, 0.3) is 0 Å². The summed E-state index contributed by atoms with van der Waals surface area (Å²) in [6.45, 7) is 0. The zero-order valence-corrected chi connectivity index (χ0v) is 10.6. The van der Waals surface area contributed by atoms with Crippen molar-refractivity contribution in [2.24, 2.45) is 0 Å². The van der Waals surface area contributed by atoms with Crippen molar-refractivity contribution in [1.29, 1.82) is 0 Å². The van der Waals surface area contributed by atoms with Gasteiger partial charge in [-0.1, -0.05) is 0 Å². The fraction of sp³-hybridized carbons (Fsp3) is 0.500. The van der Waals surface area contributed by atoms with Crippen LogP contribution in [0.2, 0.25) is 0 Å². The van der Waals surface area contributed by atoms with Crippen LogP contribution >= 0.6 is 11.3 Å². The molecule has 1 rings (SSSR count). The molecule has 0 spiro atoms. The van der Waals surface area contributed by atoms with Gasteiger partial charge in [0, 0.05) is 0 Å². The Bertz CT molecular complexity index is 148. The zero-order valence-electron chi connectivity index (χ0n) is 6.53. The molecule has 1 aromatic rings. The third kappa shape index (κ3) is 8.39. The average molecular weight is 263 g/mol. The SMILES string of the molecule is CN(C)C.[SnH][c]1nccs1. The van der Waals surface area contributed by atoms with Gasteiger partial charge in [-0.15, -0.1) is 0 Å². The normalized spacial score (nSPS) is 8.90. The summed E-state index contributed by atoms with van der Waals surface area (Å²) in [5, 5.41) is 2.00. The van der Waals surface area contributed by atoms with Gasteiger partial charge in [-0.2, -0.15) is 0 Å². The minimum atomic E-state index is 1.16. The first-order valence-electron chi connectivity index (χ1n) is 2.89. The average Bonchev–Trinajstić information content (AvgIpc) is 2.15. The molecular formula is C6H12N2SSn. The van der Waals surface area contributed by atoms with Crippen molar-refractivity contribution in [3.8, 4) is 0 Å². The van der Waals surface area contributed by atoms with E-state index in [0.717, 1.165) is 22.5 Å². The van der Waals surface area contributed by atoms with Gasteiger partial charge in [-0.05, 0) is 21.1 Å². The van der Waals surface area contributed by atoms with Crippen LogP contribution in [0.3, 0.4) is 0 Å². The molecule has 0 aliphatic carbocycles. The molecule has 0 fully saturated rings. The van der Waals surface area contributed by atoms with Gasteiger partial charge < -0.3 is 4.90 Å². The maximum absolute atomic E-state index is 3.99. The van der Waals surface area contributed by atoms with Gasteiger partial charge in [0.1, 0.15) is 0 Å². The molecule has 0 bridgehead atoms. The van der Waals surface area contributed by atoms with Gasteiger partial charge in [0.2, 0.25) is 0 Å². The van der Waals surface area contributed by atoms with Crippen molar-refractivity contribution in [2.75, 3.05) is 21.1 Å².